The van der Waals surface area contributed by atoms with Crippen LogP contribution in [0.15, 0.2) is 46.5 Å². The Morgan fingerprint density at radius 2 is 2.24 bits per heavy atom. The molecular weight excluding hydrogens is 302 g/mol. The fraction of sp³-hybridized carbons (Fsp3) is 0. The number of thiophene rings is 1. The van der Waals surface area contributed by atoms with E-state index in [-0.39, 0.29) is 5.78 Å². The van der Waals surface area contributed by atoms with Crippen molar-refractivity contribution in [1.82, 2.24) is 0 Å². The molecule has 0 aromatic carbocycles. The monoisotopic (exact) mass is 310 g/mol. The Morgan fingerprint density at radius 3 is 2.88 bits per heavy atom. The van der Waals surface area contributed by atoms with Crippen molar-refractivity contribution in [3.05, 3.63) is 57.0 Å². The molecule has 0 amide bonds. The smallest absolute Gasteiger partial charge is 0.233 e. The van der Waals surface area contributed by atoms with Gasteiger partial charge in [-0.2, -0.15) is 0 Å². The molecule has 2 aromatic heterocycles. The summed E-state index contributed by atoms with van der Waals surface area (Å²) in [7, 11) is 0. The molecule has 0 unspecified atom stereocenters. The predicted molar refractivity (Wildman–Crippen MR) is 69.2 cm³/mol. The second kappa shape index (κ2) is 5.25. The molecule has 0 radical (unpaired) electrons. The number of ketones is 1. The van der Waals surface area contributed by atoms with E-state index in [0.29, 0.717) is 5.56 Å². The number of nitrogens with zero attached hydrogens (tertiary/aromatic N) is 1. The first kappa shape index (κ1) is 12.0. The summed E-state index contributed by atoms with van der Waals surface area (Å²) in [5.41, 5.74) is 0.446. The van der Waals surface area contributed by atoms with Crippen molar-refractivity contribution in [3.8, 4) is 0 Å². The maximum absolute atomic E-state index is 11.8. The summed E-state index contributed by atoms with van der Waals surface area (Å²) in [6.45, 7) is 0. The van der Waals surface area contributed by atoms with Crippen LogP contribution in [0.5, 0.6) is 0 Å². The highest BCUT2D eigenvalue weighted by molar-refractivity contribution is 9.11. The molecule has 0 aliphatic carbocycles. The van der Waals surface area contributed by atoms with Crippen molar-refractivity contribution < 1.29 is 14.7 Å². The quantitative estimate of drug-likeness (QED) is 0.410. The van der Waals surface area contributed by atoms with Crippen LogP contribution in [0.2, 0.25) is 0 Å². The van der Waals surface area contributed by atoms with Gasteiger partial charge in [0.05, 0.1) is 9.35 Å². The van der Waals surface area contributed by atoms with Gasteiger partial charge in [0.15, 0.2) is 5.78 Å². The van der Waals surface area contributed by atoms with Gasteiger partial charge in [-0.3, -0.25) is 10.0 Å². The van der Waals surface area contributed by atoms with Crippen LogP contribution >= 0.6 is 27.3 Å². The summed E-state index contributed by atoms with van der Waals surface area (Å²) in [4.78, 5) is 12.8. The summed E-state index contributed by atoms with van der Waals surface area (Å²) in [5.74, 6) is -0.141. The van der Waals surface area contributed by atoms with E-state index in [9.17, 15) is 10.0 Å². The van der Waals surface area contributed by atoms with Crippen molar-refractivity contribution >= 4 is 39.1 Å². The Bertz CT molecular complexity index is 577. The van der Waals surface area contributed by atoms with Crippen LogP contribution < -0.4 is 4.73 Å². The van der Waals surface area contributed by atoms with Crippen molar-refractivity contribution in [2.24, 2.45) is 0 Å². The number of pyridine rings is 1. The maximum Gasteiger partial charge on any atom is 0.233 e. The molecule has 2 aromatic rings. The van der Waals surface area contributed by atoms with Gasteiger partial charge in [-0.05, 0) is 46.3 Å². The fourth-order valence-electron chi connectivity index (χ4n) is 1.28. The molecule has 0 bridgehead atoms. The lowest BCUT2D eigenvalue weighted by Gasteiger charge is -1.91. The van der Waals surface area contributed by atoms with Gasteiger partial charge in [0.1, 0.15) is 0 Å². The van der Waals surface area contributed by atoms with Crippen LogP contribution in [0.1, 0.15) is 15.2 Å². The Balaban J connectivity index is 2.14. The molecule has 0 fully saturated rings. The highest BCUT2D eigenvalue weighted by Gasteiger charge is 2.07. The van der Waals surface area contributed by atoms with Crippen LogP contribution in [0, 0.1) is 0 Å². The second-order valence-electron chi connectivity index (χ2n) is 3.31. The molecule has 2 heterocycles. The zero-order valence-electron chi connectivity index (χ0n) is 8.71. The van der Waals surface area contributed by atoms with Crippen LogP contribution in [-0.2, 0) is 0 Å². The maximum atomic E-state index is 11.8. The third-order valence-corrected chi connectivity index (χ3v) is 3.65. The number of carbonyl (C=O) groups is 1. The lowest BCUT2D eigenvalue weighted by atomic mass is 10.2. The molecule has 86 valence electrons. The van der Waals surface area contributed by atoms with Gasteiger partial charge in [-0.25, -0.2) is 0 Å². The Labute approximate surface area is 111 Å². The first-order valence-electron chi connectivity index (χ1n) is 4.83. The molecule has 3 nitrogen and oxygen atoms in total. The molecule has 17 heavy (non-hydrogen) atoms. The molecule has 1 N–H and O–H groups in total. The minimum Gasteiger partial charge on any atom is -0.289 e. The van der Waals surface area contributed by atoms with Gasteiger partial charge < -0.3 is 0 Å². The lowest BCUT2D eigenvalue weighted by Crippen LogP contribution is -2.29. The van der Waals surface area contributed by atoms with E-state index < -0.39 is 0 Å². The minimum atomic E-state index is -0.141. The first-order chi connectivity index (χ1) is 8.15. The molecule has 5 heteroatoms. The van der Waals surface area contributed by atoms with E-state index in [1.807, 2.05) is 12.1 Å². The first-order valence-corrected chi connectivity index (χ1v) is 6.44. The minimum absolute atomic E-state index is 0.141. The fourth-order valence-corrected chi connectivity index (χ4v) is 2.61. The SMILES string of the molecule is O=C(C=Cc1ccc(Br)s1)c1ccc[n+](O)c1. The van der Waals surface area contributed by atoms with E-state index >= 15 is 0 Å². The van der Waals surface area contributed by atoms with Crippen LogP contribution in [-0.4, -0.2) is 11.0 Å². The number of allylic oxidation sites excluding steroid dienone is 1. The van der Waals surface area contributed by atoms with E-state index in [2.05, 4.69) is 15.9 Å². The summed E-state index contributed by atoms with van der Waals surface area (Å²) in [6, 6.07) is 7.13. The number of rotatable bonds is 3. The summed E-state index contributed by atoms with van der Waals surface area (Å²) in [5, 5.41) is 9.19. The number of halogens is 1. The third kappa shape index (κ3) is 3.25. The number of aromatic nitrogens is 1. The molecule has 0 aliphatic rings. The molecule has 0 saturated heterocycles. The molecule has 0 saturated carbocycles. The highest BCUT2D eigenvalue weighted by atomic mass is 79.9. The van der Waals surface area contributed by atoms with Crippen molar-refractivity contribution in [1.29, 1.82) is 0 Å². The molecule has 0 atom stereocenters. The summed E-state index contributed by atoms with van der Waals surface area (Å²) < 4.78 is 1.89. The Morgan fingerprint density at radius 1 is 1.41 bits per heavy atom. The van der Waals surface area contributed by atoms with Gasteiger partial charge >= 0.3 is 0 Å². The predicted octanol–water partition coefficient (Wildman–Crippen LogP) is 2.93. The van der Waals surface area contributed by atoms with Crippen LogP contribution in [0.4, 0.5) is 0 Å². The second-order valence-corrected chi connectivity index (χ2v) is 5.81. The van der Waals surface area contributed by atoms with Gasteiger partial charge in [-0.15, -0.1) is 11.3 Å². The summed E-state index contributed by atoms with van der Waals surface area (Å²) in [6.07, 6.45) is 6.08. The molecule has 0 aliphatic heterocycles. The standard InChI is InChI=1S/C12H9BrNO2S/c13-12-6-4-10(17-12)3-5-11(15)9-2-1-7-14(16)8-9/h1-8,16H/q+1. The normalized spacial score (nSPS) is 10.9. The molecular formula is C12H9BrNO2S+. The van der Waals surface area contributed by atoms with E-state index in [0.717, 1.165) is 13.4 Å². The van der Waals surface area contributed by atoms with Crippen molar-refractivity contribution in [2.75, 3.05) is 0 Å². The highest BCUT2D eigenvalue weighted by Crippen LogP contribution is 2.23. The molecule has 2 rings (SSSR count). The van der Waals surface area contributed by atoms with Crippen molar-refractivity contribution in [2.45, 2.75) is 0 Å². The summed E-state index contributed by atoms with van der Waals surface area (Å²) >= 11 is 4.91. The number of hydrogen-bond donors (Lipinski definition) is 1. The van der Waals surface area contributed by atoms with E-state index in [1.165, 1.54) is 18.5 Å². The zero-order valence-corrected chi connectivity index (χ0v) is 11.1. The topological polar surface area (TPSA) is 41.2 Å². The Kier molecular flexibility index (Phi) is 3.71. The third-order valence-electron chi connectivity index (χ3n) is 2.06. The molecule has 0 spiro atoms. The van der Waals surface area contributed by atoms with E-state index in [1.54, 1.807) is 29.5 Å². The lowest BCUT2D eigenvalue weighted by molar-refractivity contribution is -0.904. The van der Waals surface area contributed by atoms with Crippen molar-refractivity contribution in [3.63, 3.8) is 0 Å². The van der Waals surface area contributed by atoms with Gasteiger partial charge in [0, 0.05) is 15.7 Å². The largest absolute Gasteiger partial charge is 0.289 e. The van der Waals surface area contributed by atoms with E-state index in [4.69, 9.17) is 0 Å². The number of carbonyl (C=O) groups excluding carboxylic acids is 1. The average Bonchev–Trinajstić information content (AvgIpc) is 2.72. The number of hydrogen-bond acceptors (Lipinski definition) is 3. The Hall–Kier alpha value is -1.46. The van der Waals surface area contributed by atoms with Crippen LogP contribution in [0.3, 0.4) is 0 Å². The average molecular weight is 311 g/mol. The van der Waals surface area contributed by atoms with Gasteiger partial charge in [0.2, 0.25) is 12.4 Å². The van der Waals surface area contributed by atoms with Gasteiger partial charge in [0.25, 0.3) is 0 Å². The van der Waals surface area contributed by atoms with Crippen LogP contribution in [0.25, 0.3) is 6.08 Å². The van der Waals surface area contributed by atoms with Gasteiger partial charge in [-0.1, -0.05) is 0 Å². The zero-order chi connectivity index (χ0) is 12.3.